The van der Waals surface area contributed by atoms with Gasteiger partial charge in [-0.25, -0.2) is 4.68 Å². The molecule has 0 amide bonds. The molecular weight excluding hydrogens is 242 g/mol. The van der Waals surface area contributed by atoms with E-state index in [0.717, 1.165) is 11.4 Å². The van der Waals surface area contributed by atoms with Gasteiger partial charge in [-0.05, 0) is 43.7 Å². The Morgan fingerprint density at radius 2 is 2.16 bits per heavy atom. The van der Waals surface area contributed by atoms with Gasteiger partial charge >= 0.3 is 5.97 Å². The molecule has 1 atom stereocenters. The molecule has 0 aliphatic carbocycles. The van der Waals surface area contributed by atoms with Crippen LogP contribution in [0.3, 0.4) is 0 Å². The Bertz CT molecular complexity index is 520. The van der Waals surface area contributed by atoms with Crippen molar-refractivity contribution in [3.63, 3.8) is 0 Å². The van der Waals surface area contributed by atoms with Gasteiger partial charge in [-0.2, -0.15) is 5.10 Å². The smallest absolute Gasteiger partial charge is 0.303 e. The molecule has 0 saturated carbocycles. The van der Waals surface area contributed by atoms with Crippen molar-refractivity contribution in [2.45, 2.75) is 25.8 Å². The standard InChI is InChI=1S/C14H17N3O2/c1-11(3-8-14(18)19)16-12-4-6-13(7-5-12)17-10-2-9-15-17/h2,4-7,9-11,16H,3,8H2,1H3,(H,18,19). The number of rotatable bonds is 6. The molecule has 1 unspecified atom stereocenters. The first-order chi connectivity index (χ1) is 9.15. The van der Waals surface area contributed by atoms with Crippen LogP contribution in [0.25, 0.3) is 5.69 Å². The number of hydrogen-bond donors (Lipinski definition) is 2. The minimum absolute atomic E-state index is 0.131. The number of carboxylic acid groups (broad SMARTS) is 1. The second-order valence-electron chi connectivity index (χ2n) is 4.48. The molecule has 2 aromatic rings. The highest BCUT2D eigenvalue weighted by Gasteiger charge is 2.05. The Labute approximate surface area is 111 Å². The summed E-state index contributed by atoms with van der Waals surface area (Å²) in [6.07, 6.45) is 4.41. The maximum atomic E-state index is 10.5. The molecule has 5 nitrogen and oxygen atoms in total. The summed E-state index contributed by atoms with van der Waals surface area (Å²) in [5.41, 5.74) is 1.97. The Kier molecular flexibility index (Phi) is 4.18. The number of anilines is 1. The van der Waals surface area contributed by atoms with E-state index in [4.69, 9.17) is 5.11 Å². The molecule has 2 N–H and O–H groups in total. The Morgan fingerprint density at radius 3 is 2.74 bits per heavy atom. The average Bonchev–Trinajstić information content (AvgIpc) is 2.91. The van der Waals surface area contributed by atoms with Gasteiger partial charge in [-0.1, -0.05) is 0 Å². The summed E-state index contributed by atoms with van der Waals surface area (Å²) in [5, 5.41) is 16.1. The topological polar surface area (TPSA) is 67.2 Å². The highest BCUT2D eigenvalue weighted by molar-refractivity contribution is 5.66. The predicted molar refractivity (Wildman–Crippen MR) is 73.5 cm³/mol. The first-order valence-electron chi connectivity index (χ1n) is 6.23. The number of aliphatic carboxylic acids is 1. The number of benzene rings is 1. The molecule has 100 valence electrons. The van der Waals surface area contributed by atoms with E-state index >= 15 is 0 Å². The molecule has 0 bridgehead atoms. The van der Waals surface area contributed by atoms with E-state index in [-0.39, 0.29) is 12.5 Å². The zero-order chi connectivity index (χ0) is 13.7. The van der Waals surface area contributed by atoms with Crippen molar-refractivity contribution in [2.24, 2.45) is 0 Å². The molecule has 0 radical (unpaired) electrons. The summed E-state index contributed by atoms with van der Waals surface area (Å²) in [6.45, 7) is 1.98. The lowest BCUT2D eigenvalue weighted by Gasteiger charge is -2.14. The SMILES string of the molecule is CC(CCC(=O)O)Nc1ccc(-n2cccn2)cc1. The monoisotopic (exact) mass is 259 g/mol. The minimum atomic E-state index is -0.761. The third-order valence-electron chi connectivity index (χ3n) is 2.84. The van der Waals surface area contributed by atoms with Gasteiger partial charge in [0.15, 0.2) is 0 Å². The summed E-state index contributed by atoms with van der Waals surface area (Å²) in [4.78, 5) is 10.5. The summed E-state index contributed by atoms with van der Waals surface area (Å²) < 4.78 is 1.79. The van der Waals surface area contributed by atoms with Crippen molar-refractivity contribution < 1.29 is 9.90 Å². The molecule has 2 rings (SSSR count). The summed E-state index contributed by atoms with van der Waals surface area (Å²) in [7, 11) is 0. The summed E-state index contributed by atoms with van der Waals surface area (Å²) in [6, 6.07) is 9.88. The molecule has 1 heterocycles. The van der Waals surface area contributed by atoms with Gasteiger partial charge in [0.2, 0.25) is 0 Å². The Morgan fingerprint density at radius 1 is 1.42 bits per heavy atom. The molecule has 19 heavy (non-hydrogen) atoms. The first-order valence-corrected chi connectivity index (χ1v) is 6.23. The molecule has 0 aliphatic rings. The van der Waals surface area contributed by atoms with Crippen molar-refractivity contribution in [1.82, 2.24) is 9.78 Å². The van der Waals surface area contributed by atoms with E-state index in [9.17, 15) is 4.79 Å². The Balaban J connectivity index is 1.93. The molecule has 0 saturated heterocycles. The van der Waals surface area contributed by atoms with Gasteiger partial charge in [0.1, 0.15) is 0 Å². The molecule has 0 aliphatic heterocycles. The van der Waals surface area contributed by atoms with Crippen LogP contribution in [0.2, 0.25) is 0 Å². The van der Waals surface area contributed by atoms with E-state index in [1.165, 1.54) is 0 Å². The third kappa shape index (κ3) is 3.84. The van der Waals surface area contributed by atoms with Gasteiger partial charge in [0.05, 0.1) is 5.69 Å². The van der Waals surface area contributed by atoms with Crippen molar-refractivity contribution >= 4 is 11.7 Å². The molecule has 0 fully saturated rings. The molecule has 1 aromatic heterocycles. The number of hydrogen-bond acceptors (Lipinski definition) is 3. The largest absolute Gasteiger partial charge is 0.481 e. The predicted octanol–water partition coefficient (Wildman–Crippen LogP) is 2.54. The van der Waals surface area contributed by atoms with Crippen LogP contribution in [0.5, 0.6) is 0 Å². The number of nitrogens with one attached hydrogen (secondary N) is 1. The summed E-state index contributed by atoms with van der Waals surface area (Å²) >= 11 is 0. The molecular formula is C14H17N3O2. The van der Waals surface area contributed by atoms with Crippen LogP contribution in [-0.4, -0.2) is 26.9 Å². The van der Waals surface area contributed by atoms with Crippen molar-refractivity contribution in [3.05, 3.63) is 42.7 Å². The van der Waals surface area contributed by atoms with Crippen LogP contribution in [0.15, 0.2) is 42.7 Å². The van der Waals surface area contributed by atoms with Gasteiger partial charge in [0, 0.05) is 30.5 Å². The lowest BCUT2D eigenvalue weighted by Crippen LogP contribution is -2.16. The third-order valence-corrected chi connectivity index (χ3v) is 2.84. The fraction of sp³-hybridized carbons (Fsp3) is 0.286. The van der Waals surface area contributed by atoms with Gasteiger partial charge < -0.3 is 10.4 Å². The van der Waals surface area contributed by atoms with Crippen molar-refractivity contribution in [3.8, 4) is 5.69 Å². The molecule has 1 aromatic carbocycles. The quantitative estimate of drug-likeness (QED) is 0.836. The number of carbonyl (C=O) groups is 1. The second-order valence-corrected chi connectivity index (χ2v) is 4.48. The summed E-state index contributed by atoms with van der Waals surface area (Å²) in [5.74, 6) is -0.761. The minimum Gasteiger partial charge on any atom is -0.481 e. The van der Waals surface area contributed by atoms with E-state index in [0.29, 0.717) is 6.42 Å². The normalized spacial score (nSPS) is 12.1. The Hall–Kier alpha value is -2.30. The maximum absolute atomic E-state index is 10.5. The van der Waals surface area contributed by atoms with Crippen molar-refractivity contribution in [1.29, 1.82) is 0 Å². The number of aromatic nitrogens is 2. The van der Waals surface area contributed by atoms with Gasteiger partial charge in [-0.3, -0.25) is 4.79 Å². The van der Waals surface area contributed by atoms with E-state index < -0.39 is 5.97 Å². The number of carboxylic acids is 1. The van der Waals surface area contributed by atoms with E-state index in [1.54, 1.807) is 10.9 Å². The van der Waals surface area contributed by atoms with Crippen LogP contribution in [0.4, 0.5) is 5.69 Å². The fourth-order valence-electron chi connectivity index (χ4n) is 1.83. The van der Waals surface area contributed by atoms with E-state index in [2.05, 4.69) is 10.4 Å². The van der Waals surface area contributed by atoms with Crippen molar-refractivity contribution in [2.75, 3.05) is 5.32 Å². The van der Waals surface area contributed by atoms with Crippen LogP contribution in [-0.2, 0) is 4.79 Å². The number of nitrogens with zero attached hydrogens (tertiary/aromatic N) is 2. The molecule has 0 spiro atoms. The average molecular weight is 259 g/mol. The zero-order valence-electron chi connectivity index (χ0n) is 10.8. The van der Waals surface area contributed by atoms with Crippen LogP contribution in [0.1, 0.15) is 19.8 Å². The van der Waals surface area contributed by atoms with Gasteiger partial charge in [-0.15, -0.1) is 0 Å². The van der Waals surface area contributed by atoms with Crippen LogP contribution < -0.4 is 5.32 Å². The maximum Gasteiger partial charge on any atom is 0.303 e. The molecule has 5 heteroatoms. The highest BCUT2D eigenvalue weighted by Crippen LogP contribution is 2.14. The fourth-order valence-corrected chi connectivity index (χ4v) is 1.83. The zero-order valence-corrected chi connectivity index (χ0v) is 10.8. The van der Waals surface area contributed by atoms with E-state index in [1.807, 2.05) is 43.5 Å². The second kappa shape index (κ2) is 6.04. The van der Waals surface area contributed by atoms with Gasteiger partial charge in [0.25, 0.3) is 0 Å². The highest BCUT2D eigenvalue weighted by atomic mass is 16.4. The lowest BCUT2D eigenvalue weighted by atomic mass is 10.1. The van der Waals surface area contributed by atoms with Crippen LogP contribution >= 0.6 is 0 Å². The lowest BCUT2D eigenvalue weighted by molar-refractivity contribution is -0.137. The first kappa shape index (κ1) is 13.1. The van der Waals surface area contributed by atoms with Crippen LogP contribution in [0, 0.1) is 0 Å².